The summed E-state index contributed by atoms with van der Waals surface area (Å²) in [7, 11) is 0. The van der Waals surface area contributed by atoms with Crippen LogP contribution < -0.4 is 11.1 Å². The molecule has 16 heavy (non-hydrogen) atoms. The van der Waals surface area contributed by atoms with Gasteiger partial charge < -0.3 is 11.1 Å². The van der Waals surface area contributed by atoms with Gasteiger partial charge in [0.15, 0.2) is 0 Å². The molecule has 0 spiro atoms. The Morgan fingerprint density at radius 3 is 3.00 bits per heavy atom. The topological polar surface area (TPSA) is 55.1 Å². The summed E-state index contributed by atoms with van der Waals surface area (Å²) in [5.41, 5.74) is 7.34. The average Bonchev–Trinajstić information content (AvgIpc) is 2.25. The van der Waals surface area contributed by atoms with Gasteiger partial charge in [-0.15, -0.1) is 12.3 Å². The molecule has 1 aromatic rings. The van der Waals surface area contributed by atoms with Crippen molar-refractivity contribution in [1.29, 1.82) is 0 Å². The van der Waals surface area contributed by atoms with Crippen molar-refractivity contribution in [2.24, 2.45) is 5.73 Å². The Bertz CT molecular complexity index is 437. The standard InChI is InChI=1S/C12H13BrN2O/c1-3-5-9(14)12(16)15-10-7-4-6-8(2)11(10)13/h1,4,6-7,9H,5,14H2,2H3,(H,15,16). The summed E-state index contributed by atoms with van der Waals surface area (Å²) in [5.74, 6) is 2.09. The number of terminal acetylenes is 1. The van der Waals surface area contributed by atoms with Crippen molar-refractivity contribution in [1.82, 2.24) is 0 Å². The summed E-state index contributed by atoms with van der Waals surface area (Å²) in [4.78, 5) is 11.6. The highest BCUT2D eigenvalue weighted by molar-refractivity contribution is 9.10. The number of halogens is 1. The normalized spacial score (nSPS) is 11.6. The van der Waals surface area contributed by atoms with Crippen molar-refractivity contribution in [3.8, 4) is 12.3 Å². The van der Waals surface area contributed by atoms with Gasteiger partial charge in [0.1, 0.15) is 0 Å². The first-order chi connectivity index (χ1) is 7.56. The summed E-state index contributed by atoms with van der Waals surface area (Å²) in [6.45, 7) is 1.95. The van der Waals surface area contributed by atoms with Crippen molar-refractivity contribution in [2.75, 3.05) is 5.32 Å². The number of hydrogen-bond donors (Lipinski definition) is 2. The average molecular weight is 281 g/mol. The molecule has 1 atom stereocenters. The number of carbonyl (C=O) groups excluding carboxylic acids is 1. The molecule has 0 saturated carbocycles. The van der Waals surface area contributed by atoms with Crippen molar-refractivity contribution in [3.05, 3.63) is 28.2 Å². The first-order valence-corrected chi connectivity index (χ1v) is 5.60. The van der Waals surface area contributed by atoms with E-state index in [1.165, 1.54) is 0 Å². The van der Waals surface area contributed by atoms with Crippen molar-refractivity contribution in [2.45, 2.75) is 19.4 Å². The molecule has 0 aliphatic rings. The number of nitrogens with one attached hydrogen (secondary N) is 1. The molecule has 0 saturated heterocycles. The van der Waals surface area contributed by atoms with E-state index in [0.29, 0.717) is 5.69 Å². The van der Waals surface area contributed by atoms with Gasteiger partial charge in [-0.05, 0) is 34.5 Å². The molecule has 3 N–H and O–H groups in total. The molecule has 1 rings (SSSR count). The minimum atomic E-state index is -0.669. The molecule has 1 unspecified atom stereocenters. The van der Waals surface area contributed by atoms with Crippen LogP contribution in [0.1, 0.15) is 12.0 Å². The number of amides is 1. The van der Waals surface area contributed by atoms with Gasteiger partial charge in [-0.25, -0.2) is 0 Å². The van der Waals surface area contributed by atoms with E-state index in [4.69, 9.17) is 12.2 Å². The third-order valence-corrected chi connectivity index (χ3v) is 3.18. The van der Waals surface area contributed by atoms with Crippen LogP contribution in [-0.4, -0.2) is 11.9 Å². The second kappa shape index (κ2) is 5.69. The number of rotatable bonds is 3. The van der Waals surface area contributed by atoms with Crippen molar-refractivity contribution < 1.29 is 4.79 Å². The maximum atomic E-state index is 11.6. The van der Waals surface area contributed by atoms with E-state index in [-0.39, 0.29) is 12.3 Å². The van der Waals surface area contributed by atoms with E-state index < -0.39 is 6.04 Å². The van der Waals surface area contributed by atoms with E-state index in [9.17, 15) is 4.79 Å². The fourth-order valence-electron chi connectivity index (χ4n) is 1.19. The molecule has 0 aromatic heterocycles. The van der Waals surface area contributed by atoms with Gasteiger partial charge in [0, 0.05) is 10.9 Å². The highest BCUT2D eigenvalue weighted by atomic mass is 79.9. The second-order valence-corrected chi connectivity index (χ2v) is 4.23. The van der Waals surface area contributed by atoms with Gasteiger partial charge in [-0.2, -0.15) is 0 Å². The quantitative estimate of drug-likeness (QED) is 0.833. The lowest BCUT2D eigenvalue weighted by Crippen LogP contribution is -2.35. The largest absolute Gasteiger partial charge is 0.324 e. The molecule has 3 nitrogen and oxygen atoms in total. The lowest BCUT2D eigenvalue weighted by Gasteiger charge is -2.12. The number of nitrogens with two attached hydrogens (primary N) is 1. The Balaban J connectivity index is 2.78. The van der Waals surface area contributed by atoms with Gasteiger partial charge in [0.05, 0.1) is 11.7 Å². The van der Waals surface area contributed by atoms with Crippen molar-refractivity contribution >= 4 is 27.5 Å². The highest BCUT2D eigenvalue weighted by Gasteiger charge is 2.13. The molecule has 0 heterocycles. The Labute approximate surface area is 104 Å². The summed E-state index contributed by atoms with van der Waals surface area (Å²) in [5, 5.41) is 2.73. The van der Waals surface area contributed by atoms with Crippen LogP contribution in [0.4, 0.5) is 5.69 Å². The molecule has 0 aliphatic heterocycles. The minimum absolute atomic E-state index is 0.231. The summed E-state index contributed by atoms with van der Waals surface area (Å²) < 4.78 is 0.858. The second-order valence-electron chi connectivity index (χ2n) is 3.44. The molecule has 4 heteroatoms. The van der Waals surface area contributed by atoms with Gasteiger partial charge in [-0.3, -0.25) is 4.79 Å². The molecular formula is C12H13BrN2O. The number of carbonyl (C=O) groups is 1. The first kappa shape index (κ1) is 12.8. The smallest absolute Gasteiger partial charge is 0.242 e. The number of anilines is 1. The predicted molar refractivity (Wildman–Crippen MR) is 68.9 cm³/mol. The monoisotopic (exact) mass is 280 g/mol. The Kier molecular flexibility index (Phi) is 4.53. The van der Waals surface area contributed by atoms with Gasteiger partial charge in [0.2, 0.25) is 5.91 Å². The van der Waals surface area contributed by atoms with E-state index in [1.54, 1.807) is 6.07 Å². The fourth-order valence-corrected chi connectivity index (χ4v) is 1.55. The summed E-state index contributed by atoms with van der Waals surface area (Å²) >= 11 is 3.40. The van der Waals surface area contributed by atoms with E-state index in [1.807, 2.05) is 19.1 Å². The van der Waals surface area contributed by atoms with Crippen LogP contribution >= 0.6 is 15.9 Å². The van der Waals surface area contributed by atoms with Crippen LogP contribution in [0.3, 0.4) is 0 Å². The third kappa shape index (κ3) is 3.09. The predicted octanol–water partition coefficient (Wildman–Crippen LogP) is 2.05. The SMILES string of the molecule is C#CCC(N)C(=O)Nc1cccc(C)c1Br. The van der Waals surface area contributed by atoms with Crippen LogP contribution in [-0.2, 0) is 4.79 Å². The van der Waals surface area contributed by atoms with E-state index in [0.717, 1.165) is 10.0 Å². The van der Waals surface area contributed by atoms with Gasteiger partial charge >= 0.3 is 0 Å². The highest BCUT2D eigenvalue weighted by Crippen LogP contribution is 2.25. The number of hydrogen-bond acceptors (Lipinski definition) is 2. The Hall–Kier alpha value is -1.31. The molecule has 0 radical (unpaired) electrons. The molecule has 0 fully saturated rings. The van der Waals surface area contributed by atoms with Crippen LogP contribution in [0.5, 0.6) is 0 Å². The third-order valence-electron chi connectivity index (χ3n) is 2.12. The Morgan fingerprint density at radius 1 is 1.69 bits per heavy atom. The zero-order valence-corrected chi connectivity index (χ0v) is 10.5. The van der Waals surface area contributed by atoms with Crippen LogP contribution in [0.15, 0.2) is 22.7 Å². The Morgan fingerprint density at radius 2 is 2.38 bits per heavy atom. The zero-order chi connectivity index (χ0) is 12.1. The number of aryl methyl sites for hydroxylation is 1. The fraction of sp³-hybridized carbons (Fsp3) is 0.250. The zero-order valence-electron chi connectivity index (χ0n) is 8.96. The number of benzene rings is 1. The van der Waals surface area contributed by atoms with E-state index in [2.05, 4.69) is 27.2 Å². The molecule has 1 amide bonds. The molecule has 84 valence electrons. The summed E-state index contributed by atoms with van der Waals surface area (Å²) in [6, 6.07) is 4.94. The maximum Gasteiger partial charge on any atom is 0.242 e. The maximum absolute atomic E-state index is 11.6. The lowest BCUT2D eigenvalue weighted by atomic mass is 10.2. The van der Waals surface area contributed by atoms with Gasteiger partial charge in [0.25, 0.3) is 0 Å². The minimum Gasteiger partial charge on any atom is -0.324 e. The molecular weight excluding hydrogens is 268 g/mol. The van der Waals surface area contributed by atoms with Crippen LogP contribution in [0, 0.1) is 19.3 Å². The van der Waals surface area contributed by atoms with Crippen LogP contribution in [0.2, 0.25) is 0 Å². The first-order valence-electron chi connectivity index (χ1n) is 4.81. The van der Waals surface area contributed by atoms with Crippen molar-refractivity contribution in [3.63, 3.8) is 0 Å². The molecule has 0 aliphatic carbocycles. The summed E-state index contributed by atoms with van der Waals surface area (Å²) in [6.07, 6.45) is 5.33. The molecule has 0 bridgehead atoms. The van der Waals surface area contributed by atoms with E-state index >= 15 is 0 Å². The van der Waals surface area contributed by atoms with Gasteiger partial charge in [-0.1, -0.05) is 12.1 Å². The lowest BCUT2D eigenvalue weighted by molar-refractivity contribution is -0.117. The van der Waals surface area contributed by atoms with Crippen LogP contribution in [0.25, 0.3) is 0 Å². The molecule has 1 aromatic carbocycles.